The summed E-state index contributed by atoms with van der Waals surface area (Å²) in [5.74, 6) is -0.105. The molecule has 2 heterocycles. The summed E-state index contributed by atoms with van der Waals surface area (Å²) in [5.41, 5.74) is 0.293. The van der Waals surface area contributed by atoms with Gasteiger partial charge in [0.1, 0.15) is 6.61 Å². The van der Waals surface area contributed by atoms with E-state index in [2.05, 4.69) is 4.98 Å². The maximum absolute atomic E-state index is 11.8. The molecule has 0 saturated carbocycles. The number of carbonyl (C=O) groups is 1. The van der Waals surface area contributed by atoms with Crippen LogP contribution in [0.5, 0.6) is 0 Å². The fourth-order valence-electron chi connectivity index (χ4n) is 1.82. The Balaban J connectivity index is 1.57. The van der Waals surface area contributed by atoms with Crippen molar-refractivity contribution < 1.29 is 9.53 Å². The normalized spacial score (nSPS) is 10.7. The molecule has 3 aromatic rings. The highest BCUT2D eigenvalue weighted by molar-refractivity contribution is 8.00. The van der Waals surface area contributed by atoms with Crippen LogP contribution in [-0.2, 0) is 16.1 Å². The van der Waals surface area contributed by atoms with Crippen LogP contribution in [0.3, 0.4) is 0 Å². The zero-order valence-electron chi connectivity index (χ0n) is 11.5. The van der Waals surface area contributed by atoms with Crippen LogP contribution in [0.1, 0.15) is 5.69 Å². The van der Waals surface area contributed by atoms with Crippen LogP contribution in [-0.4, -0.2) is 21.1 Å². The highest BCUT2D eigenvalue weighted by Crippen LogP contribution is 2.17. The Kier molecular flexibility index (Phi) is 4.55. The van der Waals surface area contributed by atoms with E-state index in [1.165, 1.54) is 33.6 Å². The number of rotatable bonds is 5. The van der Waals surface area contributed by atoms with E-state index < -0.39 is 0 Å². The van der Waals surface area contributed by atoms with E-state index in [0.29, 0.717) is 10.7 Å². The van der Waals surface area contributed by atoms with Gasteiger partial charge in [-0.15, -0.1) is 23.1 Å². The fraction of sp³-hybridized carbons (Fsp3) is 0.133. The van der Waals surface area contributed by atoms with E-state index in [0.717, 1.165) is 4.90 Å². The summed E-state index contributed by atoms with van der Waals surface area (Å²) in [7, 11) is 0. The lowest BCUT2D eigenvalue weighted by atomic mass is 10.4. The van der Waals surface area contributed by atoms with Crippen molar-refractivity contribution in [3.63, 3.8) is 0 Å². The van der Waals surface area contributed by atoms with Crippen LogP contribution in [0.2, 0.25) is 0 Å². The van der Waals surface area contributed by atoms with E-state index in [9.17, 15) is 9.59 Å². The number of ether oxygens (including phenoxy) is 1. The lowest BCUT2D eigenvalue weighted by molar-refractivity contribution is -0.141. The molecule has 0 fully saturated rings. The third-order valence-corrected chi connectivity index (χ3v) is 4.58. The number of thiazole rings is 1. The van der Waals surface area contributed by atoms with Crippen molar-refractivity contribution >= 4 is 34.0 Å². The molecule has 0 spiro atoms. The minimum atomic E-state index is -0.331. The van der Waals surface area contributed by atoms with Crippen LogP contribution >= 0.6 is 23.1 Å². The van der Waals surface area contributed by atoms with E-state index in [-0.39, 0.29) is 23.9 Å². The first-order chi connectivity index (χ1) is 10.7. The van der Waals surface area contributed by atoms with Crippen molar-refractivity contribution in [2.24, 2.45) is 0 Å². The number of carbonyl (C=O) groups excluding carboxylic acids is 1. The molecular weight excluding hydrogens is 320 g/mol. The predicted octanol–water partition coefficient (Wildman–Crippen LogP) is 2.59. The Morgan fingerprint density at radius 2 is 2.14 bits per heavy atom. The molecule has 0 aliphatic carbocycles. The van der Waals surface area contributed by atoms with Crippen molar-refractivity contribution in [2.75, 3.05) is 5.75 Å². The number of hydrogen-bond donors (Lipinski definition) is 0. The third-order valence-electron chi connectivity index (χ3n) is 2.84. The summed E-state index contributed by atoms with van der Waals surface area (Å²) in [5, 5.41) is 1.79. The second-order valence-corrected chi connectivity index (χ2v) is 6.33. The van der Waals surface area contributed by atoms with Crippen molar-refractivity contribution in [1.82, 2.24) is 9.38 Å². The summed E-state index contributed by atoms with van der Waals surface area (Å²) >= 11 is 2.78. The van der Waals surface area contributed by atoms with Gasteiger partial charge in [-0.05, 0) is 12.1 Å². The first kappa shape index (κ1) is 14.8. The molecule has 0 saturated heterocycles. The number of esters is 1. The van der Waals surface area contributed by atoms with E-state index in [1.807, 2.05) is 30.3 Å². The average Bonchev–Trinajstić information content (AvgIpc) is 3.01. The van der Waals surface area contributed by atoms with E-state index in [4.69, 9.17) is 4.74 Å². The molecule has 2 aromatic heterocycles. The smallest absolute Gasteiger partial charge is 0.316 e. The van der Waals surface area contributed by atoms with Gasteiger partial charge in [-0.3, -0.25) is 14.0 Å². The standard InChI is InChI=1S/C15H12N2O3S2/c18-13-8-11(16-15-17(13)6-7-21-15)9-20-14(19)10-22-12-4-2-1-3-5-12/h1-8H,9-10H2. The van der Waals surface area contributed by atoms with Gasteiger partial charge < -0.3 is 4.74 Å². The molecular formula is C15H12N2O3S2. The van der Waals surface area contributed by atoms with Gasteiger partial charge in [0, 0.05) is 22.5 Å². The zero-order chi connectivity index (χ0) is 15.4. The second kappa shape index (κ2) is 6.76. The molecule has 5 nitrogen and oxygen atoms in total. The highest BCUT2D eigenvalue weighted by atomic mass is 32.2. The molecule has 0 N–H and O–H groups in total. The van der Waals surface area contributed by atoms with E-state index in [1.54, 1.807) is 11.6 Å². The Morgan fingerprint density at radius 3 is 2.95 bits per heavy atom. The molecule has 0 aliphatic rings. The predicted molar refractivity (Wildman–Crippen MR) is 86.3 cm³/mol. The Labute approximate surface area is 134 Å². The lowest BCUT2D eigenvalue weighted by Crippen LogP contribution is -2.15. The number of benzene rings is 1. The van der Waals surface area contributed by atoms with Gasteiger partial charge in [-0.2, -0.15) is 0 Å². The Hall–Kier alpha value is -2.12. The summed E-state index contributed by atoms with van der Waals surface area (Å²) in [6, 6.07) is 11.0. The van der Waals surface area contributed by atoms with Crippen LogP contribution < -0.4 is 5.56 Å². The van der Waals surface area contributed by atoms with Gasteiger partial charge in [0.15, 0.2) is 4.96 Å². The summed E-state index contributed by atoms with van der Waals surface area (Å²) in [6.07, 6.45) is 1.67. The first-order valence-corrected chi connectivity index (χ1v) is 8.38. The molecule has 0 bridgehead atoms. The molecule has 112 valence electrons. The maximum Gasteiger partial charge on any atom is 0.316 e. The van der Waals surface area contributed by atoms with Crippen LogP contribution in [0.25, 0.3) is 4.96 Å². The van der Waals surface area contributed by atoms with Crippen LogP contribution in [0.15, 0.2) is 57.7 Å². The van der Waals surface area contributed by atoms with Crippen molar-refractivity contribution in [3.8, 4) is 0 Å². The number of hydrogen-bond acceptors (Lipinski definition) is 6. The maximum atomic E-state index is 11.8. The topological polar surface area (TPSA) is 60.7 Å². The van der Waals surface area contributed by atoms with Gasteiger partial charge in [0.05, 0.1) is 11.4 Å². The zero-order valence-corrected chi connectivity index (χ0v) is 13.1. The van der Waals surface area contributed by atoms with Crippen LogP contribution in [0.4, 0.5) is 0 Å². The average molecular weight is 332 g/mol. The minimum absolute atomic E-state index is 0.0117. The van der Waals surface area contributed by atoms with Gasteiger partial charge in [0.2, 0.25) is 0 Å². The number of fused-ring (bicyclic) bond motifs is 1. The van der Waals surface area contributed by atoms with E-state index >= 15 is 0 Å². The number of aromatic nitrogens is 2. The summed E-state index contributed by atoms with van der Waals surface area (Å²) < 4.78 is 6.62. The van der Waals surface area contributed by atoms with Crippen molar-refractivity contribution in [2.45, 2.75) is 11.5 Å². The fourth-order valence-corrected chi connectivity index (χ4v) is 3.27. The molecule has 0 unspecified atom stereocenters. The minimum Gasteiger partial charge on any atom is -0.459 e. The van der Waals surface area contributed by atoms with Crippen LogP contribution in [0, 0.1) is 0 Å². The number of nitrogens with zero attached hydrogens (tertiary/aromatic N) is 2. The summed E-state index contributed by atoms with van der Waals surface area (Å²) in [6.45, 7) is 0.0117. The monoisotopic (exact) mass is 332 g/mol. The molecule has 0 radical (unpaired) electrons. The molecule has 3 rings (SSSR count). The van der Waals surface area contributed by atoms with Gasteiger partial charge >= 0.3 is 5.97 Å². The van der Waals surface area contributed by atoms with Gasteiger partial charge in [-0.25, -0.2) is 4.98 Å². The SMILES string of the molecule is O=C(CSc1ccccc1)OCc1cc(=O)n2ccsc2n1. The molecule has 0 aliphatic heterocycles. The molecule has 0 amide bonds. The molecule has 7 heteroatoms. The lowest BCUT2D eigenvalue weighted by Gasteiger charge is -2.04. The quantitative estimate of drug-likeness (QED) is 0.531. The molecule has 22 heavy (non-hydrogen) atoms. The van der Waals surface area contributed by atoms with Gasteiger partial charge in [-0.1, -0.05) is 18.2 Å². The third kappa shape index (κ3) is 3.55. The first-order valence-electron chi connectivity index (χ1n) is 6.51. The molecule has 1 aromatic carbocycles. The Bertz CT molecular complexity index is 843. The number of thioether (sulfide) groups is 1. The van der Waals surface area contributed by atoms with Crippen molar-refractivity contribution in [1.29, 1.82) is 0 Å². The van der Waals surface area contributed by atoms with Gasteiger partial charge in [0.25, 0.3) is 5.56 Å². The largest absolute Gasteiger partial charge is 0.459 e. The second-order valence-electron chi connectivity index (χ2n) is 4.40. The molecule has 0 atom stereocenters. The van der Waals surface area contributed by atoms with Crippen molar-refractivity contribution in [3.05, 3.63) is 64.0 Å². The Morgan fingerprint density at radius 1 is 1.32 bits per heavy atom. The highest BCUT2D eigenvalue weighted by Gasteiger charge is 2.08. The summed E-state index contributed by atoms with van der Waals surface area (Å²) in [4.78, 5) is 29.4.